The van der Waals surface area contributed by atoms with Crippen LogP contribution in [0.3, 0.4) is 0 Å². The van der Waals surface area contributed by atoms with E-state index in [1.54, 1.807) is 11.8 Å². The minimum atomic E-state index is -0.446. The number of hydrogen-bond donors (Lipinski definition) is 2. The van der Waals surface area contributed by atoms with Gasteiger partial charge in [-0.15, -0.1) is 11.8 Å². The van der Waals surface area contributed by atoms with Crippen molar-refractivity contribution in [2.24, 2.45) is 0 Å². The maximum absolute atomic E-state index is 13.7. The second-order valence-electron chi connectivity index (χ2n) is 11.6. The molecule has 0 fully saturated rings. The number of benzene rings is 2. The maximum Gasteiger partial charge on any atom is 0.240 e. The van der Waals surface area contributed by atoms with Gasteiger partial charge in [-0.1, -0.05) is 53.7 Å². The van der Waals surface area contributed by atoms with Crippen molar-refractivity contribution in [1.29, 1.82) is 0 Å². The van der Waals surface area contributed by atoms with Crippen LogP contribution < -0.4 is 4.90 Å². The van der Waals surface area contributed by atoms with E-state index in [9.17, 15) is 15.0 Å². The fourth-order valence-corrected chi connectivity index (χ4v) is 5.79. The van der Waals surface area contributed by atoms with Gasteiger partial charge in [0.05, 0.1) is 10.9 Å². The van der Waals surface area contributed by atoms with Crippen molar-refractivity contribution in [2.75, 3.05) is 32.1 Å². The molecule has 3 rings (SSSR count). The van der Waals surface area contributed by atoms with Gasteiger partial charge < -0.3 is 20.0 Å². The Bertz CT molecular complexity index is 1050. The van der Waals surface area contributed by atoms with Crippen LogP contribution in [0.4, 0.5) is 5.69 Å². The highest BCUT2D eigenvalue weighted by Crippen LogP contribution is 2.47. The van der Waals surface area contributed by atoms with Crippen molar-refractivity contribution < 1.29 is 15.0 Å². The van der Waals surface area contributed by atoms with Crippen LogP contribution in [0.5, 0.6) is 11.5 Å². The molecule has 5 nitrogen and oxygen atoms in total. The van der Waals surface area contributed by atoms with E-state index in [2.05, 4.69) is 31.7 Å². The first kappa shape index (κ1) is 26.4. The van der Waals surface area contributed by atoms with Crippen LogP contribution in [0.15, 0.2) is 35.2 Å². The lowest BCUT2D eigenvalue weighted by atomic mass is 9.77. The Morgan fingerprint density at radius 3 is 2.24 bits per heavy atom. The van der Waals surface area contributed by atoms with Gasteiger partial charge in [0, 0.05) is 22.6 Å². The minimum Gasteiger partial charge on any atom is -0.507 e. The summed E-state index contributed by atoms with van der Waals surface area (Å²) in [7, 11) is 4.08. The Morgan fingerprint density at radius 1 is 1.00 bits per heavy atom. The second kappa shape index (κ2) is 9.82. The van der Waals surface area contributed by atoms with Crippen molar-refractivity contribution >= 4 is 23.4 Å². The van der Waals surface area contributed by atoms with Gasteiger partial charge in [0.2, 0.25) is 5.91 Å². The summed E-state index contributed by atoms with van der Waals surface area (Å²) < 4.78 is 0. The summed E-state index contributed by atoms with van der Waals surface area (Å²) in [5.41, 5.74) is 2.27. The summed E-state index contributed by atoms with van der Waals surface area (Å²) in [5, 5.41) is 22.0. The average molecular weight is 485 g/mol. The van der Waals surface area contributed by atoms with E-state index >= 15 is 0 Å². The monoisotopic (exact) mass is 484 g/mol. The zero-order valence-electron chi connectivity index (χ0n) is 21.9. The number of rotatable bonds is 6. The first-order valence-electron chi connectivity index (χ1n) is 12.0. The number of hydrogen-bond acceptors (Lipinski definition) is 5. The highest BCUT2D eigenvalue weighted by Gasteiger charge is 2.36. The van der Waals surface area contributed by atoms with Gasteiger partial charge in [-0.05, 0) is 68.1 Å². The van der Waals surface area contributed by atoms with Crippen LogP contribution >= 0.6 is 11.8 Å². The maximum atomic E-state index is 13.7. The number of carbonyl (C=O) groups excluding carboxylic acids is 1. The Balaban J connectivity index is 2.02. The van der Waals surface area contributed by atoms with Crippen LogP contribution in [-0.4, -0.2) is 53.5 Å². The van der Waals surface area contributed by atoms with E-state index in [0.717, 1.165) is 29.1 Å². The number of carbonyl (C=O) groups is 1. The molecule has 0 aliphatic carbocycles. The first-order chi connectivity index (χ1) is 15.7. The van der Waals surface area contributed by atoms with Crippen molar-refractivity contribution in [1.82, 2.24) is 4.90 Å². The molecule has 2 aromatic rings. The molecule has 0 radical (unpaired) electrons. The van der Waals surface area contributed by atoms with E-state index in [1.807, 2.05) is 64.0 Å². The topological polar surface area (TPSA) is 64.0 Å². The molecule has 6 heteroatoms. The van der Waals surface area contributed by atoms with Gasteiger partial charge in [0.1, 0.15) is 11.5 Å². The summed E-state index contributed by atoms with van der Waals surface area (Å²) in [6, 6.07) is 9.95. The number of phenols is 2. The number of phenolic OH excluding ortho intramolecular Hbond substituents is 2. The van der Waals surface area contributed by atoms with Crippen LogP contribution in [0, 0.1) is 0 Å². The lowest BCUT2D eigenvalue weighted by Crippen LogP contribution is -2.43. The summed E-state index contributed by atoms with van der Waals surface area (Å²) in [5.74, 6) is 0.327. The second-order valence-corrected chi connectivity index (χ2v) is 12.8. The fourth-order valence-electron chi connectivity index (χ4n) is 4.54. The summed E-state index contributed by atoms with van der Waals surface area (Å²) in [6.07, 6.45) is 1.29. The zero-order chi connectivity index (χ0) is 25.4. The number of aromatic hydroxyl groups is 2. The van der Waals surface area contributed by atoms with Gasteiger partial charge >= 0.3 is 0 Å². The Morgan fingerprint density at radius 2 is 1.65 bits per heavy atom. The molecule has 1 amide bonds. The predicted octanol–water partition coefficient (Wildman–Crippen LogP) is 5.69. The van der Waals surface area contributed by atoms with E-state index < -0.39 is 5.41 Å². The zero-order valence-corrected chi connectivity index (χ0v) is 22.7. The van der Waals surface area contributed by atoms with Crippen LogP contribution in [0.1, 0.15) is 64.7 Å². The normalized spacial score (nSPS) is 16.8. The molecule has 34 heavy (non-hydrogen) atoms. The standard InChI is InChI=1S/C28H40N2O3S/c1-27(2,3)19-16-18(24(31)23(25(19)32)28(4,5)6)17-22-26(33)30(15-11-14-29(7)8)20-12-9-10-13-21(20)34-22/h9-10,12-13,16,22,31-32H,11,14-15,17H2,1-8H3. The highest BCUT2D eigenvalue weighted by atomic mass is 32.2. The summed E-state index contributed by atoms with van der Waals surface area (Å²) >= 11 is 1.57. The third-order valence-electron chi connectivity index (χ3n) is 6.27. The lowest BCUT2D eigenvalue weighted by molar-refractivity contribution is -0.118. The van der Waals surface area contributed by atoms with E-state index in [0.29, 0.717) is 24.1 Å². The molecule has 186 valence electrons. The van der Waals surface area contributed by atoms with E-state index in [1.165, 1.54) is 0 Å². The molecule has 0 aromatic heterocycles. The summed E-state index contributed by atoms with van der Waals surface area (Å²) in [4.78, 5) is 18.8. The number of fused-ring (bicyclic) bond motifs is 1. The van der Waals surface area contributed by atoms with Gasteiger partial charge in [0.25, 0.3) is 0 Å². The molecule has 0 bridgehead atoms. The number of anilines is 1. The van der Waals surface area contributed by atoms with Crippen LogP contribution in [0.2, 0.25) is 0 Å². The first-order valence-corrected chi connectivity index (χ1v) is 12.9. The van der Waals surface area contributed by atoms with Crippen LogP contribution in [0.25, 0.3) is 0 Å². The van der Waals surface area contributed by atoms with Gasteiger partial charge in [0.15, 0.2) is 0 Å². The SMILES string of the molecule is CN(C)CCCN1C(=O)C(Cc2cc(C(C)(C)C)c(O)c(C(C)(C)C)c2O)Sc2ccccc21. The number of nitrogens with zero attached hydrogens (tertiary/aromatic N) is 2. The average Bonchev–Trinajstić information content (AvgIpc) is 2.70. The molecule has 0 saturated heterocycles. The van der Waals surface area contributed by atoms with Crippen molar-refractivity contribution in [2.45, 2.75) is 75.4 Å². The lowest BCUT2D eigenvalue weighted by Gasteiger charge is -2.35. The molecular weight excluding hydrogens is 444 g/mol. The molecular formula is C28H40N2O3S. The largest absolute Gasteiger partial charge is 0.507 e. The van der Waals surface area contributed by atoms with Gasteiger partial charge in [-0.25, -0.2) is 0 Å². The molecule has 0 saturated carbocycles. The Hall–Kier alpha value is -2.18. The Labute approximate surface area is 209 Å². The van der Waals surface area contributed by atoms with Crippen LogP contribution in [-0.2, 0) is 22.0 Å². The quantitative estimate of drug-likeness (QED) is 0.551. The third kappa shape index (κ3) is 5.55. The third-order valence-corrected chi connectivity index (χ3v) is 7.52. The van der Waals surface area contributed by atoms with Crippen molar-refractivity contribution in [3.8, 4) is 11.5 Å². The molecule has 0 spiro atoms. The Kier molecular flexibility index (Phi) is 7.63. The van der Waals surface area contributed by atoms with Gasteiger partial charge in [-0.3, -0.25) is 4.79 Å². The number of amides is 1. The van der Waals surface area contributed by atoms with Gasteiger partial charge in [-0.2, -0.15) is 0 Å². The number of thioether (sulfide) groups is 1. The number of para-hydroxylation sites is 1. The molecule has 1 aliphatic rings. The predicted molar refractivity (Wildman–Crippen MR) is 142 cm³/mol. The van der Waals surface area contributed by atoms with Crippen molar-refractivity contribution in [3.05, 3.63) is 47.0 Å². The fraction of sp³-hybridized carbons (Fsp3) is 0.536. The molecule has 1 atom stereocenters. The summed E-state index contributed by atoms with van der Waals surface area (Å²) in [6.45, 7) is 13.7. The molecule has 1 heterocycles. The molecule has 2 N–H and O–H groups in total. The molecule has 1 unspecified atom stereocenters. The van der Waals surface area contributed by atoms with Crippen molar-refractivity contribution in [3.63, 3.8) is 0 Å². The van der Waals surface area contributed by atoms with E-state index in [-0.39, 0.29) is 28.1 Å². The molecule has 2 aromatic carbocycles. The molecule has 1 aliphatic heterocycles. The minimum absolute atomic E-state index is 0.0737. The highest BCUT2D eigenvalue weighted by molar-refractivity contribution is 8.01. The smallest absolute Gasteiger partial charge is 0.240 e. The van der Waals surface area contributed by atoms with E-state index in [4.69, 9.17) is 0 Å².